The number of carbonyl (C=O) groups is 1. The standard InChI is InChI=1S/C27H31ClN4O3/c1-27(2,3)35-26(33)32-17-7-8-20(18-32)30-23-15-16-29-25(28)24(23)31-19-11-13-22(14-12-19)34-21-9-5-4-6-10-21/h4-6,9-16,20,31H,7-8,17-18H2,1-3H3,(H,29,30)/t20-/m1/s1. The molecule has 0 bridgehead atoms. The van der Waals surface area contributed by atoms with E-state index in [1.807, 2.05) is 81.4 Å². The smallest absolute Gasteiger partial charge is 0.410 e. The molecular formula is C27H31ClN4O3. The van der Waals surface area contributed by atoms with E-state index in [2.05, 4.69) is 15.6 Å². The average molecular weight is 495 g/mol. The summed E-state index contributed by atoms with van der Waals surface area (Å²) < 4.78 is 11.4. The van der Waals surface area contributed by atoms with Crippen molar-refractivity contribution < 1.29 is 14.3 Å². The molecule has 1 fully saturated rings. The van der Waals surface area contributed by atoms with E-state index < -0.39 is 5.60 Å². The van der Waals surface area contributed by atoms with Gasteiger partial charge in [-0.15, -0.1) is 0 Å². The number of aromatic nitrogens is 1. The first-order chi connectivity index (χ1) is 16.8. The lowest BCUT2D eigenvalue weighted by molar-refractivity contribution is 0.0206. The molecular weight excluding hydrogens is 464 g/mol. The number of hydrogen-bond acceptors (Lipinski definition) is 6. The second-order valence-electron chi connectivity index (χ2n) is 9.50. The van der Waals surface area contributed by atoms with Gasteiger partial charge in [0.15, 0.2) is 5.15 Å². The van der Waals surface area contributed by atoms with E-state index in [0.717, 1.165) is 35.7 Å². The minimum atomic E-state index is -0.519. The van der Waals surface area contributed by atoms with Crippen LogP contribution in [0.25, 0.3) is 0 Å². The van der Waals surface area contributed by atoms with Gasteiger partial charge in [0.25, 0.3) is 0 Å². The van der Waals surface area contributed by atoms with Crippen molar-refractivity contribution in [2.75, 3.05) is 23.7 Å². The number of halogens is 1. The fourth-order valence-electron chi connectivity index (χ4n) is 3.86. The highest BCUT2D eigenvalue weighted by atomic mass is 35.5. The van der Waals surface area contributed by atoms with Crippen molar-refractivity contribution in [1.82, 2.24) is 9.88 Å². The molecule has 1 atom stereocenters. The average Bonchev–Trinajstić information content (AvgIpc) is 2.82. The Morgan fingerprint density at radius 1 is 1.06 bits per heavy atom. The van der Waals surface area contributed by atoms with Crippen LogP contribution in [0.3, 0.4) is 0 Å². The van der Waals surface area contributed by atoms with Crippen LogP contribution < -0.4 is 15.4 Å². The zero-order valence-electron chi connectivity index (χ0n) is 20.3. The Morgan fingerprint density at radius 3 is 2.49 bits per heavy atom. The van der Waals surface area contributed by atoms with Gasteiger partial charge in [-0.25, -0.2) is 9.78 Å². The van der Waals surface area contributed by atoms with Crippen LogP contribution in [0.15, 0.2) is 66.9 Å². The minimum Gasteiger partial charge on any atom is -0.457 e. The number of ether oxygens (including phenoxy) is 2. The van der Waals surface area contributed by atoms with Gasteiger partial charge in [-0.3, -0.25) is 0 Å². The Morgan fingerprint density at radius 2 is 1.77 bits per heavy atom. The first-order valence-corrected chi connectivity index (χ1v) is 12.1. The fourth-order valence-corrected chi connectivity index (χ4v) is 4.06. The number of carbonyl (C=O) groups excluding carboxylic acids is 1. The summed E-state index contributed by atoms with van der Waals surface area (Å²) in [4.78, 5) is 18.5. The van der Waals surface area contributed by atoms with Gasteiger partial charge < -0.3 is 25.0 Å². The van der Waals surface area contributed by atoms with E-state index in [9.17, 15) is 4.79 Å². The summed E-state index contributed by atoms with van der Waals surface area (Å²) in [5.41, 5.74) is 1.84. The van der Waals surface area contributed by atoms with Crippen LogP contribution in [0.1, 0.15) is 33.6 Å². The number of pyridine rings is 1. The maximum Gasteiger partial charge on any atom is 0.410 e. The van der Waals surface area contributed by atoms with E-state index in [1.54, 1.807) is 11.1 Å². The largest absolute Gasteiger partial charge is 0.457 e. The topological polar surface area (TPSA) is 75.7 Å². The van der Waals surface area contributed by atoms with E-state index in [-0.39, 0.29) is 12.1 Å². The summed E-state index contributed by atoms with van der Waals surface area (Å²) in [6, 6.07) is 19.2. The van der Waals surface area contributed by atoms with Gasteiger partial charge in [-0.05, 0) is 76.1 Å². The molecule has 0 saturated carbocycles. The van der Waals surface area contributed by atoms with Gasteiger partial charge in [0, 0.05) is 31.0 Å². The molecule has 184 valence electrons. The first-order valence-electron chi connectivity index (χ1n) is 11.8. The molecule has 2 heterocycles. The van der Waals surface area contributed by atoms with Crippen molar-refractivity contribution >= 4 is 34.8 Å². The highest BCUT2D eigenvalue weighted by molar-refractivity contribution is 6.32. The lowest BCUT2D eigenvalue weighted by Crippen LogP contribution is -2.47. The van der Waals surface area contributed by atoms with Crippen molar-refractivity contribution in [1.29, 1.82) is 0 Å². The van der Waals surface area contributed by atoms with Crippen molar-refractivity contribution in [2.24, 2.45) is 0 Å². The van der Waals surface area contributed by atoms with Gasteiger partial charge in [0.05, 0.1) is 11.4 Å². The van der Waals surface area contributed by atoms with E-state index in [0.29, 0.717) is 23.9 Å². The lowest BCUT2D eigenvalue weighted by atomic mass is 10.1. The molecule has 35 heavy (non-hydrogen) atoms. The zero-order chi connectivity index (χ0) is 24.8. The van der Waals surface area contributed by atoms with Gasteiger partial charge >= 0.3 is 6.09 Å². The number of nitrogens with one attached hydrogen (secondary N) is 2. The molecule has 0 aliphatic carbocycles. The number of anilines is 3. The number of hydrogen-bond donors (Lipinski definition) is 2. The molecule has 0 radical (unpaired) electrons. The lowest BCUT2D eigenvalue weighted by Gasteiger charge is -2.35. The molecule has 2 N–H and O–H groups in total. The predicted molar refractivity (Wildman–Crippen MR) is 140 cm³/mol. The summed E-state index contributed by atoms with van der Waals surface area (Å²) in [7, 11) is 0. The van der Waals surface area contributed by atoms with Crippen LogP contribution in [0.5, 0.6) is 11.5 Å². The Bertz CT molecular complexity index is 1130. The van der Waals surface area contributed by atoms with Crippen molar-refractivity contribution in [3.63, 3.8) is 0 Å². The molecule has 7 nitrogen and oxygen atoms in total. The van der Waals surface area contributed by atoms with Crippen molar-refractivity contribution in [3.8, 4) is 11.5 Å². The number of piperidine rings is 1. The summed E-state index contributed by atoms with van der Waals surface area (Å²) in [6.07, 6.45) is 3.21. The molecule has 0 spiro atoms. The van der Waals surface area contributed by atoms with Crippen LogP contribution in [0, 0.1) is 0 Å². The summed E-state index contributed by atoms with van der Waals surface area (Å²) in [5.74, 6) is 1.52. The number of benzene rings is 2. The first kappa shape index (κ1) is 24.7. The zero-order valence-corrected chi connectivity index (χ0v) is 21.0. The third-order valence-electron chi connectivity index (χ3n) is 5.44. The second-order valence-corrected chi connectivity index (χ2v) is 9.86. The Hall–Kier alpha value is -3.45. The van der Waals surface area contributed by atoms with Crippen molar-refractivity contribution in [3.05, 3.63) is 72.0 Å². The molecule has 4 rings (SSSR count). The van der Waals surface area contributed by atoms with Gasteiger partial charge in [0.2, 0.25) is 0 Å². The third-order valence-corrected chi connectivity index (χ3v) is 5.73. The van der Waals surface area contributed by atoms with Crippen LogP contribution in [-0.4, -0.2) is 40.7 Å². The summed E-state index contributed by atoms with van der Waals surface area (Å²) in [6.45, 7) is 6.87. The quantitative estimate of drug-likeness (QED) is 0.356. The normalized spacial score (nSPS) is 15.9. The molecule has 1 aliphatic heterocycles. The molecule has 1 saturated heterocycles. The number of likely N-dealkylation sites (tertiary alicyclic amines) is 1. The van der Waals surface area contributed by atoms with Gasteiger partial charge in [-0.1, -0.05) is 29.8 Å². The maximum absolute atomic E-state index is 12.5. The molecule has 2 aromatic carbocycles. The van der Waals surface area contributed by atoms with E-state index >= 15 is 0 Å². The summed E-state index contributed by atoms with van der Waals surface area (Å²) >= 11 is 6.46. The van der Waals surface area contributed by atoms with Gasteiger partial charge in [0.1, 0.15) is 17.1 Å². The summed E-state index contributed by atoms with van der Waals surface area (Å²) in [5, 5.41) is 7.27. The second kappa shape index (κ2) is 10.9. The van der Waals surface area contributed by atoms with Crippen molar-refractivity contribution in [2.45, 2.75) is 45.3 Å². The fraction of sp³-hybridized carbons (Fsp3) is 0.333. The molecule has 0 unspecified atom stereocenters. The van der Waals surface area contributed by atoms with E-state index in [4.69, 9.17) is 21.1 Å². The Balaban J connectivity index is 1.43. The molecule has 1 amide bonds. The van der Waals surface area contributed by atoms with Gasteiger partial charge in [-0.2, -0.15) is 0 Å². The number of rotatable bonds is 6. The minimum absolute atomic E-state index is 0.0666. The molecule has 1 aliphatic rings. The van der Waals surface area contributed by atoms with E-state index in [1.165, 1.54) is 0 Å². The predicted octanol–water partition coefficient (Wildman–Crippen LogP) is 7.08. The maximum atomic E-state index is 12.5. The van der Waals surface area contributed by atoms with Crippen LogP contribution >= 0.6 is 11.6 Å². The highest BCUT2D eigenvalue weighted by Crippen LogP contribution is 2.33. The monoisotopic (exact) mass is 494 g/mol. The highest BCUT2D eigenvalue weighted by Gasteiger charge is 2.28. The SMILES string of the molecule is CC(C)(C)OC(=O)N1CCC[C@@H](Nc2ccnc(Cl)c2Nc2ccc(Oc3ccccc3)cc2)C1. The molecule has 8 heteroatoms. The van der Waals surface area contributed by atoms with Crippen LogP contribution in [0.4, 0.5) is 21.9 Å². The molecule has 3 aromatic rings. The molecule has 1 aromatic heterocycles. The Labute approximate surface area is 211 Å². The third kappa shape index (κ3) is 7.02. The Kier molecular flexibility index (Phi) is 7.66. The van der Waals surface area contributed by atoms with Crippen LogP contribution in [-0.2, 0) is 4.74 Å². The number of nitrogens with zero attached hydrogens (tertiary/aromatic N) is 2. The van der Waals surface area contributed by atoms with Crippen LogP contribution in [0.2, 0.25) is 5.15 Å². The number of para-hydroxylation sites is 1. The number of amides is 1.